The van der Waals surface area contributed by atoms with Crippen molar-refractivity contribution in [3.8, 4) is 11.4 Å². The topological polar surface area (TPSA) is 43.8 Å². The van der Waals surface area contributed by atoms with Crippen molar-refractivity contribution in [2.45, 2.75) is 13.8 Å². The number of hydrogen-bond acceptors (Lipinski definition) is 2. The summed E-state index contributed by atoms with van der Waals surface area (Å²) in [6, 6.07) is 12.3. The molecule has 96 valence electrons. The monoisotopic (exact) mass is 251 g/mol. The number of para-hydroxylation sites is 2. The van der Waals surface area contributed by atoms with Gasteiger partial charge in [-0.25, -0.2) is 4.98 Å². The first kappa shape index (κ1) is 11.8. The molecule has 0 aliphatic carbocycles. The normalized spacial score (nSPS) is 11.1. The molecule has 0 aliphatic heterocycles. The van der Waals surface area contributed by atoms with Crippen molar-refractivity contribution in [2.75, 3.05) is 5.73 Å². The van der Waals surface area contributed by atoms with Gasteiger partial charge in [0.25, 0.3) is 0 Å². The second kappa shape index (κ2) is 4.12. The van der Waals surface area contributed by atoms with Crippen LogP contribution in [0.5, 0.6) is 0 Å². The molecule has 1 aromatic heterocycles. The van der Waals surface area contributed by atoms with Crippen LogP contribution in [0.4, 0.5) is 5.69 Å². The Hall–Kier alpha value is -2.29. The molecule has 3 rings (SSSR count). The zero-order chi connectivity index (χ0) is 13.6. The van der Waals surface area contributed by atoms with E-state index in [1.54, 1.807) is 0 Å². The summed E-state index contributed by atoms with van der Waals surface area (Å²) < 4.78 is 2.10. The smallest absolute Gasteiger partial charge is 0.142 e. The zero-order valence-electron chi connectivity index (χ0n) is 11.4. The van der Waals surface area contributed by atoms with E-state index in [0.717, 1.165) is 33.7 Å². The molecule has 0 radical (unpaired) electrons. The van der Waals surface area contributed by atoms with Gasteiger partial charge < -0.3 is 10.3 Å². The maximum absolute atomic E-state index is 6.22. The van der Waals surface area contributed by atoms with E-state index >= 15 is 0 Å². The van der Waals surface area contributed by atoms with Gasteiger partial charge in [0.1, 0.15) is 5.82 Å². The molecule has 0 amide bonds. The minimum absolute atomic E-state index is 0.809. The Bertz CT molecular complexity index is 769. The minimum atomic E-state index is 0.809. The number of aromatic nitrogens is 2. The summed E-state index contributed by atoms with van der Waals surface area (Å²) in [7, 11) is 2.03. The number of rotatable bonds is 1. The van der Waals surface area contributed by atoms with E-state index in [1.807, 2.05) is 32.2 Å². The summed E-state index contributed by atoms with van der Waals surface area (Å²) in [6.07, 6.45) is 0. The number of benzene rings is 2. The quantitative estimate of drug-likeness (QED) is 0.673. The standard InChI is InChI=1S/C16H17N3/c1-10-8-11(2)15(17)12(9-10)16-18-13-6-4-5-7-14(13)19(16)3/h4-9H,17H2,1-3H3. The predicted octanol–water partition coefficient (Wildman–Crippen LogP) is 3.44. The lowest BCUT2D eigenvalue weighted by atomic mass is 10.0. The zero-order valence-corrected chi connectivity index (χ0v) is 11.4. The Balaban J connectivity index is 2.33. The van der Waals surface area contributed by atoms with Gasteiger partial charge in [-0.2, -0.15) is 0 Å². The van der Waals surface area contributed by atoms with Gasteiger partial charge in [-0.15, -0.1) is 0 Å². The summed E-state index contributed by atoms with van der Waals surface area (Å²) in [5, 5.41) is 0. The Labute approximate surface area is 112 Å². The van der Waals surface area contributed by atoms with Crippen LogP contribution in [0.25, 0.3) is 22.4 Å². The first-order valence-corrected chi connectivity index (χ1v) is 6.36. The Morgan fingerprint density at radius 3 is 2.58 bits per heavy atom. The summed E-state index contributed by atoms with van der Waals surface area (Å²) in [5.74, 6) is 0.922. The number of nitrogens with two attached hydrogens (primary N) is 1. The van der Waals surface area contributed by atoms with E-state index in [2.05, 4.69) is 29.7 Å². The van der Waals surface area contributed by atoms with E-state index in [1.165, 1.54) is 5.56 Å². The van der Waals surface area contributed by atoms with Crippen molar-refractivity contribution in [2.24, 2.45) is 7.05 Å². The molecule has 0 saturated heterocycles. The largest absolute Gasteiger partial charge is 0.398 e. The van der Waals surface area contributed by atoms with Crippen LogP contribution in [-0.2, 0) is 7.05 Å². The fourth-order valence-corrected chi connectivity index (χ4v) is 2.55. The van der Waals surface area contributed by atoms with Gasteiger partial charge in [-0.3, -0.25) is 0 Å². The van der Waals surface area contributed by atoms with Crippen LogP contribution in [0.15, 0.2) is 36.4 Å². The molecule has 3 heteroatoms. The molecule has 3 aromatic rings. The van der Waals surface area contributed by atoms with Crippen molar-refractivity contribution in [3.05, 3.63) is 47.5 Å². The SMILES string of the molecule is Cc1cc(C)c(N)c(-c2nc3ccccc3n2C)c1. The highest BCUT2D eigenvalue weighted by atomic mass is 15.1. The van der Waals surface area contributed by atoms with Crippen molar-refractivity contribution in [1.29, 1.82) is 0 Å². The molecule has 1 heterocycles. The maximum Gasteiger partial charge on any atom is 0.142 e. The fraction of sp³-hybridized carbons (Fsp3) is 0.188. The summed E-state index contributed by atoms with van der Waals surface area (Å²) in [5.41, 5.74) is 12.5. The van der Waals surface area contributed by atoms with E-state index in [0.29, 0.717) is 0 Å². The molecular weight excluding hydrogens is 234 g/mol. The van der Waals surface area contributed by atoms with E-state index in [9.17, 15) is 0 Å². The number of nitrogen functional groups attached to an aromatic ring is 1. The first-order valence-electron chi connectivity index (χ1n) is 6.36. The van der Waals surface area contributed by atoms with Crippen LogP contribution >= 0.6 is 0 Å². The van der Waals surface area contributed by atoms with Gasteiger partial charge in [-0.1, -0.05) is 18.2 Å². The Morgan fingerprint density at radius 2 is 1.84 bits per heavy atom. The molecule has 0 saturated carbocycles. The molecule has 0 spiro atoms. The molecule has 0 atom stereocenters. The highest BCUT2D eigenvalue weighted by molar-refractivity contribution is 5.84. The molecule has 0 fully saturated rings. The number of fused-ring (bicyclic) bond motifs is 1. The average Bonchev–Trinajstić information content (AvgIpc) is 2.72. The van der Waals surface area contributed by atoms with Gasteiger partial charge in [-0.05, 0) is 43.2 Å². The highest BCUT2D eigenvalue weighted by Crippen LogP contribution is 2.31. The van der Waals surface area contributed by atoms with Crippen LogP contribution in [0, 0.1) is 13.8 Å². The third kappa shape index (κ3) is 1.78. The van der Waals surface area contributed by atoms with Gasteiger partial charge in [0, 0.05) is 18.3 Å². The second-order valence-electron chi connectivity index (χ2n) is 5.03. The van der Waals surface area contributed by atoms with Crippen LogP contribution in [-0.4, -0.2) is 9.55 Å². The third-order valence-electron chi connectivity index (χ3n) is 3.56. The molecular formula is C16H17N3. The number of imidazole rings is 1. The van der Waals surface area contributed by atoms with Crippen molar-refractivity contribution in [1.82, 2.24) is 9.55 Å². The molecule has 3 nitrogen and oxygen atoms in total. The first-order chi connectivity index (χ1) is 9.08. The lowest BCUT2D eigenvalue weighted by molar-refractivity contribution is 0.959. The lowest BCUT2D eigenvalue weighted by Gasteiger charge is -2.10. The number of anilines is 1. The predicted molar refractivity (Wildman–Crippen MR) is 80.0 cm³/mol. The molecule has 0 bridgehead atoms. The molecule has 2 aromatic carbocycles. The van der Waals surface area contributed by atoms with Crippen LogP contribution < -0.4 is 5.73 Å². The number of nitrogens with zero attached hydrogens (tertiary/aromatic N) is 2. The number of aryl methyl sites for hydroxylation is 3. The molecule has 0 unspecified atom stereocenters. The Morgan fingerprint density at radius 1 is 1.11 bits per heavy atom. The summed E-state index contributed by atoms with van der Waals surface area (Å²) >= 11 is 0. The third-order valence-corrected chi connectivity index (χ3v) is 3.56. The van der Waals surface area contributed by atoms with Crippen LogP contribution in [0.3, 0.4) is 0 Å². The number of hydrogen-bond donors (Lipinski definition) is 1. The fourth-order valence-electron chi connectivity index (χ4n) is 2.55. The molecule has 0 aliphatic rings. The van der Waals surface area contributed by atoms with Gasteiger partial charge in [0.15, 0.2) is 0 Å². The molecule has 19 heavy (non-hydrogen) atoms. The summed E-state index contributed by atoms with van der Waals surface area (Å²) in [6.45, 7) is 4.12. The minimum Gasteiger partial charge on any atom is -0.398 e. The van der Waals surface area contributed by atoms with Crippen molar-refractivity contribution < 1.29 is 0 Å². The van der Waals surface area contributed by atoms with Gasteiger partial charge >= 0.3 is 0 Å². The van der Waals surface area contributed by atoms with E-state index in [-0.39, 0.29) is 0 Å². The average molecular weight is 251 g/mol. The van der Waals surface area contributed by atoms with Gasteiger partial charge in [0.05, 0.1) is 11.0 Å². The second-order valence-corrected chi connectivity index (χ2v) is 5.03. The van der Waals surface area contributed by atoms with E-state index < -0.39 is 0 Å². The van der Waals surface area contributed by atoms with Crippen molar-refractivity contribution >= 4 is 16.7 Å². The maximum atomic E-state index is 6.22. The van der Waals surface area contributed by atoms with Crippen LogP contribution in [0.1, 0.15) is 11.1 Å². The molecule has 2 N–H and O–H groups in total. The van der Waals surface area contributed by atoms with Crippen LogP contribution in [0.2, 0.25) is 0 Å². The van der Waals surface area contributed by atoms with Crippen molar-refractivity contribution in [3.63, 3.8) is 0 Å². The summed E-state index contributed by atoms with van der Waals surface area (Å²) in [4.78, 5) is 4.71. The highest BCUT2D eigenvalue weighted by Gasteiger charge is 2.13. The van der Waals surface area contributed by atoms with E-state index in [4.69, 9.17) is 10.7 Å². The lowest BCUT2D eigenvalue weighted by Crippen LogP contribution is -1.99. The van der Waals surface area contributed by atoms with Gasteiger partial charge in [0.2, 0.25) is 0 Å². The Kier molecular flexibility index (Phi) is 2.56.